The molecule has 0 N–H and O–H groups in total. The molecule has 0 bridgehead atoms. The molecule has 114 valence electrons. The highest BCUT2D eigenvalue weighted by atomic mass is 15.5. The Morgan fingerprint density at radius 1 is 1.10 bits per heavy atom. The first kappa shape index (κ1) is 14.4. The quantitative estimate of drug-likeness (QED) is 0.799. The molecule has 0 amide bonds. The van der Waals surface area contributed by atoms with Crippen LogP contribution < -0.4 is 0 Å². The Bertz CT molecular complexity index is 482. The maximum absolute atomic E-state index is 4.88. The second kappa shape index (κ2) is 6.50. The van der Waals surface area contributed by atoms with E-state index in [0.29, 0.717) is 12.1 Å². The van der Waals surface area contributed by atoms with Crippen LogP contribution in [-0.2, 0) is 6.42 Å². The molecule has 1 saturated heterocycles. The molecule has 21 heavy (non-hydrogen) atoms. The molecule has 1 aromatic rings. The van der Waals surface area contributed by atoms with Crippen LogP contribution in [0.4, 0.5) is 0 Å². The third kappa shape index (κ3) is 2.92. The van der Waals surface area contributed by atoms with Crippen molar-refractivity contribution in [1.82, 2.24) is 9.80 Å². The van der Waals surface area contributed by atoms with E-state index in [2.05, 4.69) is 54.0 Å². The molecule has 1 fully saturated rings. The summed E-state index contributed by atoms with van der Waals surface area (Å²) in [4.78, 5) is 10.0. The highest BCUT2D eigenvalue weighted by molar-refractivity contribution is 5.84. The zero-order valence-corrected chi connectivity index (χ0v) is 13.3. The van der Waals surface area contributed by atoms with Crippen molar-refractivity contribution in [1.29, 1.82) is 0 Å². The fraction of sp³-hybridized carbons (Fsp3) is 0.611. The average molecular weight is 285 g/mol. The smallest absolute Gasteiger partial charge is 0.197 e. The summed E-state index contributed by atoms with van der Waals surface area (Å²) in [5.74, 6) is 1.27. The predicted molar refractivity (Wildman–Crippen MR) is 88.6 cm³/mol. The van der Waals surface area contributed by atoms with Crippen LogP contribution in [0.1, 0.15) is 38.7 Å². The summed E-state index contributed by atoms with van der Waals surface area (Å²) in [5.41, 5.74) is 1.43. The van der Waals surface area contributed by atoms with Gasteiger partial charge in [0.25, 0.3) is 0 Å². The summed E-state index contributed by atoms with van der Waals surface area (Å²) < 4.78 is 0. The normalized spacial score (nSPS) is 24.4. The minimum atomic E-state index is 0.559. The van der Waals surface area contributed by atoms with Crippen molar-refractivity contribution < 1.29 is 0 Å². The maximum Gasteiger partial charge on any atom is 0.197 e. The third-order valence-corrected chi connectivity index (χ3v) is 4.65. The molecule has 0 saturated carbocycles. The van der Waals surface area contributed by atoms with Gasteiger partial charge in [-0.15, -0.1) is 0 Å². The Kier molecular flexibility index (Phi) is 4.47. The topological polar surface area (TPSA) is 18.8 Å². The summed E-state index contributed by atoms with van der Waals surface area (Å²) in [5, 5.41) is 0. The van der Waals surface area contributed by atoms with Crippen molar-refractivity contribution in [3.05, 3.63) is 35.9 Å². The first-order chi connectivity index (χ1) is 10.3. The molecule has 2 atom stereocenters. The Labute approximate surface area is 128 Å². The van der Waals surface area contributed by atoms with Gasteiger partial charge >= 0.3 is 0 Å². The molecule has 3 heteroatoms. The molecule has 0 spiro atoms. The van der Waals surface area contributed by atoms with Crippen molar-refractivity contribution >= 4 is 5.96 Å². The van der Waals surface area contributed by atoms with E-state index in [1.165, 1.54) is 37.3 Å². The predicted octanol–water partition coefficient (Wildman–Crippen LogP) is 3.16. The lowest BCUT2D eigenvalue weighted by atomic mass is 10.0. The lowest BCUT2D eigenvalue weighted by Crippen LogP contribution is -2.37. The first-order valence-electron chi connectivity index (χ1n) is 8.45. The number of aliphatic imine (C=N–C) groups is 1. The van der Waals surface area contributed by atoms with Crippen molar-refractivity contribution in [3.63, 3.8) is 0 Å². The zero-order valence-electron chi connectivity index (χ0n) is 13.3. The van der Waals surface area contributed by atoms with Gasteiger partial charge in [0, 0.05) is 19.1 Å². The Morgan fingerprint density at radius 3 is 2.62 bits per heavy atom. The van der Waals surface area contributed by atoms with E-state index in [9.17, 15) is 0 Å². The highest BCUT2D eigenvalue weighted by Crippen LogP contribution is 2.27. The molecular formula is C18H27N3. The Balaban J connectivity index is 1.70. The summed E-state index contributed by atoms with van der Waals surface area (Å²) >= 11 is 0. The lowest BCUT2D eigenvalue weighted by Gasteiger charge is -2.24. The van der Waals surface area contributed by atoms with Crippen LogP contribution in [0.25, 0.3) is 0 Å². The second-order valence-electron chi connectivity index (χ2n) is 6.27. The van der Waals surface area contributed by atoms with Crippen LogP contribution in [0.2, 0.25) is 0 Å². The molecule has 3 nitrogen and oxygen atoms in total. The first-order valence-corrected chi connectivity index (χ1v) is 8.45. The van der Waals surface area contributed by atoms with Crippen LogP contribution in [0, 0.1) is 0 Å². The molecule has 2 aliphatic rings. The molecule has 1 aromatic carbocycles. The van der Waals surface area contributed by atoms with E-state index in [-0.39, 0.29) is 0 Å². The summed E-state index contributed by atoms with van der Waals surface area (Å²) in [7, 11) is 0. The molecule has 3 rings (SSSR count). The van der Waals surface area contributed by atoms with Gasteiger partial charge in [0.1, 0.15) is 0 Å². The Hall–Kier alpha value is -1.51. The second-order valence-corrected chi connectivity index (χ2v) is 6.27. The fourth-order valence-corrected chi connectivity index (χ4v) is 3.68. The van der Waals surface area contributed by atoms with Crippen LogP contribution in [-0.4, -0.2) is 47.5 Å². The molecular weight excluding hydrogens is 258 g/mol. The molecule has 0 unspecified atom stereocenters. The largest absolute Gasteiger partial charge is 0.338 e. The van der Waals surface area contributed by atoms with Gasteiger partial charge in [0.15, 0.2) is 5.96 Å². The summed E-state index contributed by atoms with van der Waals surface area (Å²) in [6.07, 6.45) is 4.87. The number of fused-ring (bicyclic) bond motifs is 1. The molecule has 0 aromatic heterocycles. The standard InChI is InChI=1S/C18H27N3/c1-3-8-16-14-21-17(12-15-9-6-5-7-10-15)13-19-18(21)20(16)11-4-2/h5-7,9-10,16-17H,3-4,8,11-14H2,1-2H3/t16-,17-/m0/s1. The van der Waals surface area contributed by atoms with Gasteiger partial charge in [-0.1, -0.05) is 50.6 Å². The van der Waals surface area contributed by atoms with Crippen LogP contribution in [0.15, 0.2) is 35.3 Å². The van der Waals surface area contributed by atoms with Crippen molar-refractivity contribution in [2.75, 3.05) is 19.6 Å². The van der Waals surface area contributed by atoms with E-state index in [1.54, 1.807) is 0 Å². The monoisotopic (exact) mass is 285 g/mol. The van der Waals surface area contributed by atoms with Crippen LogP contribution in [0.5, 0.6) is 0 Å². The van der Waals surface area contributed by atoms with Gasteiger partial charge < -0.3 is 9.80 Å². The highest BCUT2D eigenvalue weighted by Gasteiger charge is 2.40. The van der Waals surface area contributed by atoms with Crippen LogP contribution >= 0.6 is 0 Å². The average Bonchev–Trinajstić information content (AvgIpc) is 3.03. The van der Waals surface area contributed by atoms with E-state index < -0.39 is 0 Å². The Morgan fingerprint density at radius 2 is 1.90 bits per heavy atom. The van der Waals surface area contributed by atoms with Gasteiger partial charge in [-0.05, 0) is 24.8 Å². The van der Waals surface area contributed by atoms with E-state index in [0.717, 1.165) is 19.5 Å². The molecule has 0 radical (unpaired) electrons. The molecule has 2 aliphatic heterocycles. The number of hydrogen-bond acceptors (Lipinski definition) is 3. The van der Waals surface area contributed by atoms with Gasteiger partial charge in [-0.2, -0.15) is 0 Å². The number of benzene rings is 1. The van der Waals surface area contributed by atoms with Gasteiger partial charge in [-0.25, -0.2) is 0 Å². The van der Waals surface area contributed by atoms with E-state index in [4.69, 9.17) is 4.99 Å². The SMILES string of the molecule is CCC[C@H]1CN2C(=NC[C@@H]2Cc2ccccc2)N1CCC. The van der Waals surface area contributed by atoms with E-state index in [1.807, 2.05) is 0 Å². The van der Waals surface area contributed by atoms with Crippen molar-refractivity contribution in [2.45, 2.75) is 51.6 Å². The third-order valence-electron chi connectivity index (χ3n) is 4.65. The minimum Gasteiger partial charge on any atom is -0.338 e. The number of guanidine groups is 1. The van der Waals surface area contributed by atoms with Crippen molar-refractivity contribution in [2.24, 2.45) is 4.99 Å². The zero-order chi connectivity index (χ0) is 14.7. The maximum atomic E-state index is 4.88. The minimum absolute atomic E-state index is 0.559. The number of hydrogen-bond donors (Lipinski definition) is 0. The number of rotatable bonds is 6. The van der Waals surface area contributed by atoms with Crippen molar-refractivity contribution in [3.8, 4) is 0 Å². The van der Waals surface area contributed by atoms with E-state index >= 15 is 0 Å². The summed E-state index contributed by atoms with van der Waals surface area (Å²) in [6.45, 7) is 7.84. The van der Waals surface area contributed by atoms with Crippen LogP contribution in [0.3, 0.4) is 0 Å². The lowest BCUT2D eigenvalue weighted by molar-refractivity contribution is 0.301. The number of nitrogens with zero attached hydrogens (tertiary/aromatic N) is 3. The fourth-order valence-electron chi connectivity index (χ4n) is 3.68. The van der Waals surface area contributed by atoms with Gasteiger partial charge in [-0.3, -0.25) is 4.99 Å². The van der Waals surface area contributed by atoms with Gasteiger partial charge in [0.05, 0.1) is 12.6 Å². The van der Waals surface area contributed by atoms with Gasteiger partial charge in [0.2, 0.25) is 0 Å². The molecule has 0 aliphatic carbocycles. The molecule has 2 heterocycles. The summed E-state index contributed by atoms with van der Waals surface area (Å²) in [6, 6.07) is 12.1.